The normalized spacial score (nSPS) is 15.5. The molecule has 1 aliphatic carbocycles. The molecule has 142 valence electrons. The lowest BCUT2D eigenvalue weighted by Crippen LogP contribution is -2.43. The molecule has 5 nitrogen and oxygen atoms in total. The maximum atomic E-state index is 5.40. The van der Waals surface area contributed by atoms with Gasteiger partial charge in [0.1, 0.15) is 5.75 Å². The lowest BCUT2D eigenvalue weighted by molar-refractivity contribution is 0.218. The fourth-order valence-electron chi connectivity index (χ4n) is 2.95. The summed E-state index contributed by atoms with van der Waals surface area (Å²) in [5.74, 6) is 2.63. The molecule has 25 heavy (non-hydrogen) atoms. The highest BCUT2D eigenvalue weighted by molar-refractivity contribution is 14.0. The molecule has 1 aliphatic rings. The van der Waals surface area contributed by atoms with E-state index < -0.39 is 0 Å². The van der Waals surface area contributed by atoms with Crippen molar-refractivity contribution in [2.24, 2.45) is 10.9 Å². The Morgan fingerprint density at radius 2 is 2.00 bits per heavy atom. The second kappa shape index (κ2) is 11.6. The van der Waals surface area contributed by atoms with Crippen LogP contribution in [0.4, 0.5) is 0 Å². The van der Waals surface area contributed by atoms with Gasteiger partial charge in [-0.05, 0) is 49.5 Å². The topological polar surface area (TPSA) is 48.9 Å². The van der Waals surface area contributed by atoms with Crippen LogP contribution in [0.25, 0.3) is 0 Å². The molecule has 2 N–H and O–H groups in total. The van der Waals surface area contributed by atoms with E-state index in [0.29, 0.717) is 0 Å². The minimum Gasteiger partial charge on any atom is -0.497 e. The Morgan fingerprint density at radius 3 is 2.56 bits per heavy atom. The number of benzene rings is 1. The van der Waals surface area contributed by atoms with Gasteiger partial charge in [0.05, 0.1) is 13.2 Å². The van der Waals surface area contributed by atoms with E-state index in [0.717, 1.165) is 43.8 Å². The van der Waals surface area contributed by atoms with Gasteiger partial charge < -0.3 is 15.4 Å². The summed E-state index contributed by atoms with van der Waals surface area (Å²) in [6, 6.07) is 8.64. The molecule has 6 heteroatoms. The zero-order valence-corrected chi connectivity index (χ0v) is 18.2. The van der Waals surface area contributed by atoms with Crippen molar-refractivity contribution in [3.8, 4) is 5.75 Å². The first-order valence-electron chi connectivity index (χ1n) is 9.04. The van der Waals surface area contributed by atoms with Gasteiger partial charge in [-0.2, -0.15) is 0 Å². The van der Waals surface area contributed by atoms with Crippen molar-refractivity contribution in [2.75, 3.05) is 40.3 Å². The highest BCUT2D eigenvalue weighted by Gasteiger charge is 2.22. The zero-order valence-electron chi connectivity index (χ0n) is 15.9. The Balaban J connectivity index is 0.00000312. The lowest BCUT2D eigenvalue weighted by Gasteiger charge is -2.31. The Morgan fingerprint density at radius 1 is 1.28 bits per heavy atom. The van der Waals surface area contributed by atoms with Crippen LogP contribution in [0.3, 0.4) is 0 Å². The van der Waals surface area contributed by atoms with Gasteiger partial charge in [0, 0.05) is 20.1 Å². The number of hydrogen-bond donors (Lipinski definition) is 2. The summed E-state index contributed by atoms with van der Waals surface area (Å²) in [5.41, 5.74) is 1.27. The van der Waals surface area contributed by atoms with Crippen molar-refractivity contribution < 1.29 is 4.74 Å². The number of rotatable bonds is 9. The summed E-state index contributed by atoms with van der Waals surface area (Å²) in [7, 11) is 3.55. The van der Waals surface area contributed by atoms with Gasteiger partial charge in [-0.3, -0.25) is 9.89 Å². The van der Waals surface area contributed by atoms with Crippen LogP contribution in [0.2, 0.25) is 0 Å². The number of methoxy groups -OCH3 is 1. The van der Waals surface area contributed by atoms with E-state index in [9.17, 15) is 0 Å². The van der Waals surface area contributed by atoms with Crippen molar-refractivity contribution in [3.05, 3.63) is 29.8 Å². The molecule has 0 aromatic heterocycles. The van der Waals surface area contributed by atoms with E-state index in [1.807, 2.05) is 13.1 Å². The molecule has 1 saturated carbocycles. The predicted octanol–water partition coefficient (Wildman–Crippen LogP) is 3.27. The molecule has 1 unspecified atom stereocenters. The molecule has 1 fully saturated rings. The van der Waals surface area contributed by atoms with Crippen molar-refractivity contribution in [1.82, 2.24) is 15.5 Å². The van der Waals surface area contributed by atoms with Crippen LogP contribution in [0.5, 0.6) is 5.75 Å². The van der Waals surface area contributed by atoms with Crippen LogP contribution in [0, 0.1) is 5.92 Å². The van der Waals surface area contributed by atoms with E-state index in [1.54, 1.807) is 7.11 Å². The van der Waals surface area contributed by atoms with E-state index in [2.05, 4.69) is 52.6 Å². The summed E-state index contributed by atoms with van der Waals surface area (Å²) in [6.45, 7) is 8.27. The number of nitrogens with one attached hydrogen (secondary N) is 2. The third-order valence-electron chi connectivity index (χ3n) is 4.67. The molecule has 0 bridgehead atoms. The second-order valence-corrected chi connectivity index (χ2v) is 6.29. The number of nitrogens with zero attached hydrogens (tertiary/aromatic N) is 2. The van der Waals surface area contributed by atoms with Gasteiger partial charge in [0.15, 0.2) is 5.96 Å². The number of aliphatic imine (C=N–C) groups is 1. The fraction of sp³-hybridized carbons (Fsp3) is 0.632. The van der Waals surface area contributed by atoms with Gasteiger partial charge in [-0.15, -0.1) is 24.0 Å². The summed E-state index contributed by atoms with van der Waals surface area (Å²) in [6.07, 6.45) is 2.69. The van der Waals surface area contributed by atoms with Crippen LogP contribution >= 0.6 is 24.0 Å². The van der Waals surface area contributed by atoms with E-state index in [-0.39, 0.29) is 30.0 Å². The highest BCUT2D eigenvalue weighted by Crippen LogP contribution is 2.27. The molecule has 0 radical (unpaired) electrons. The zero-order chi connectivity index (χ0) is 17.4. The van der Waals surface area contributed by atoms with Crippen molar-refractivity contribution in [3.63, 3.8) is 0 Å². The minimum atomic E-state index is 0. The number of halogens is 1. The number of hydrogen-bond acceptors (Lipinski definition) is 3. The summed E-state index contributed by atoms with van der Waals surface area (Å²) >= 11 is 0. The average Bonchev–Trinajstić information content (AvgIpc) is 3.45. The number of ether oxygens (including phenoxy) is 1. The summed E-state index contributed by atoms with van der Waals surface area (Å²) in [5, 5.41) is 6.93. The molecule has 0 saturated heterocycles. The largest absolute Gasteiger partial charge is 0.497 e. The first-order chi connectivity index (χ1) is 11.7. The highest BCUT2D eigenvalue weighted by atomic mass is 127. The Hall–Kier alpha value is -1.02. The third kappa shape index (κ3) is 7.01. The Bertz CT molecular complexity index is 530. The van der Waals surface area contributed by atoms with Gasteiger partial charge in [-0.1, -0.05) is 26.0 Å². The molecular formula is C19H33IN4O. The Kier molecular flexibility index (Phi) is 10.2. The smallest absolute Gasteiger partial charge is 0.191 e. The minimum absolute atomic E-state index is 0. The number of likely N-dealkylation sites (N-methyl/N-ethyl adjacent to an activating group) is 1. The van der Waals surface area contributed by atoms with Crippen LogP contribution in [-0.4, -0.2) is 51.2 Å². The molecular weight excluding hydrogens is 427 g/mol. The molecule has 2 rings (SSSR count). The molecule has 0 heterocycles. The first-order valence-corrected chi connectivity index (χ1v) is 9.04. The monoisotopic (exact) mass is 460 g/mol. The van der Waals surface area contributed by atoms with Gasteiger partial charge >= 0.3 is 0 Å². The van der Waals surface area contributed by atoms with Crippen LogP contribution in [0.1, 0.15) is 38.3 Å². The Labute approximate surface area is 169 Å². The van der Waals surface area contributed by atoms with Crippen LogP contribution in [-0.2, 0) is 0 Å². The molecule has 0 amide bonds. The lowest BCUT2D eigenvalue weighted by atomic mass is 10.0. The van der Waals surface area contributed by atoms with E-state index >= 15 is 0 Å². The fourth-order valence-corrected chi connectivity index (χ4v) is 2.95. The quantitative estimate of drug-likeness (QED) is 0.338. The molecule has 1 aromatic rings. The third-order valence-corrected chi connectivity index (χ3v) is 4.67. The maximum absolute atomic E-state index is 5.40. The molecule has 1 atom stereocenters. The molecule has 0 aliphatic heterocycles. The standard InChI is InChI=1S/C19H32N4O.HI/c1-5-23(6-2)18(16-8-7-9-17(12-16)24-4)14-22-19(20-3)21-13-15-10-11-15;/h7-9,12,15,18H,5-6,10-11,13-14H2,1-4H3,(H2,20,21,22);1H. The van der Waals surface area contributed by atoms with E-state index in [4.69, 9.17) is 4.74 Å². The van der Waals surface area contributed by atoms with Crippen LogP contribution in [0.15, 0.2) is 29.3 Å². The SMILES string of the molecule is CCN(CC)C(CNC(=NC)NCC1CC1)c1cccc(OC)c1.I. The van der Waals surface area contributed by atoms with Crippen molar-refractivity contribution >= 4 is 29.9 Å². The van der Waals surface area contributed by atoms with Gasteiger partial charge in [0.2, 0.25) is 0 Å². The van der Waals surface area contributed by atoms with Gasteiger partial charge in [0.25, 0.3) is 0 Å². The molecule has 1 aromatic carbocycles. The average molecular weight is 460 g/mol. The van der Waals surface area contributed by atoms with Crippen molar-refractivity contribution in [1.29, 1.82) is 0 Å². The number of guanidine groups is 1. The van der Waals surface area contributed by atoms with Gasteiger partial charge in [-0.25, -0.2) is 0 Å². The first kappa shape index (κ1) is 22.0. The van der Waals surface area contributed by atoms with Crippen LogP contribution < -0.4 is 15.4 Å². The maximum Gasteiger partial charge on any atom is 0.191 e. The molecule has 0 spiro atoms. The van der Waals surface area contributed by atoms with E-state index in [1.165, 1.54) is 18.4 Å². The van der Waals surface area contributed by atoms with Crippen molar-refractivity contribution in [2.45, 2.75) is 32.7 Å². The summed E-state index contributed by atoms with van der Waals surface area (Å²) in [4.78, 5) is 6.80. The summed E-state index contributed by atoms with van der Waals surface area (Å²) < 4.78 is 5.40. The second-order valence-electron chi connectivity index (χ2n) is 6.29. The predicted molar refractivity (Wildman–Crippen MR) is 116 cm³/mol.